The van der Waals surface area contributed by atoms with Gasteiger partial charge in [0.2, 0.25) is 0 Å². The molecule has 0 atom stereocenters. The Bertz CT molecular complexity index is 687. The minimum atomic E-state index is -0.284. The quantitative estimate of drug-likeness (QED) is 0.477. The number of halogens is 3. The summed E-state index contributed by atoms with van der Waals surface area (Å²) in [6, 6.07) is 13.0. The van der Waals surface area contributed by atoms with E-state index in [1.54, 1.807) is 30.3 Å². The van der Waals surface area contributed by atoms with Crippen molar-refractivity contribution in [1.29, 1.82) is 0 Å². The van der Waals surface area contributed by atoms with Crippen molar-refractivity contribution in [3.63, 3.8) is 0 Å². The van der Waals surface area contributed by atoms with E-state index in [-0.39, 0.29) is 17.5 Å². The lowest BCUT2D eigenvalue weighted by Crippen LogP contribution is -1.78. The number of hydrogen-bond donors (Lipinski definition) is 0. The monoisotopic (exact) mass is 374 g/mol. The van der Waals surface area contributed by atoms with Gasteiger partial charge in [-0.1, -0.05) is 61.9 Å². The highest BCUT2D eigenvalue weighted by atomic mass is 19.1. The van der Waals surface area contributed by atoms with Gasteiger partial charge in [0.1, 0.15) is 17.5 Å². The second-order valence-electron chi connectivity index (χ2n) is 5.90. The van der Waals surface area contributed by atoms with Crippen LogP contribution >= 0.6 is 0 Å². The minimum absolute atomic E-state index is 0.160. The van der Waals surface area contributed by atoms with Crippen molar-refractivity contribution in [1.82, 2.24) is 0 Å². The van der Waals surface area contributed by atoms with Crippen LogP contribution in [0.15, 0.2) is 84.7 Å². The van der Waals surface area contributed by atoms with E-state index in [1.807, 2.05) is 27.7 Å². The molecule has 2 aromatic carbocycles. The molecule has 0 radical (unpaired) electrons. The molecule has 146 valence electrons. The van der Waals surface area contributed by atoms with Crippen molar-refractivity contribution in [2.24, 2.45) is 0 Å². The van der Waals surface area contributed by atoms with E-state index < -0.39 is 0 Å². The van der Waals surface area contributed by atoms with Gasteiger partial charge < -0.3 is 0 Å². The first-order valence-electron chi connectivity index (χ1n) is 8.94. The first kappa shape index (κ1) is 24.5. The summed E-state index contributed by atoms with van der Waals surface area (Å²) in [6.07, 6.45) is 6.31. The lowest BCUT2D eigenvalue weighted by molar-refractivity contribution is 0.627. The number of aryl methyl sites for hydroxylation is 2. The third-order valence-electron chi connectivity index (χ3n) is 3.61. The molecule has 0 fully saturated rings. The fourth-order valence-electron chi connectivity index (χ4n) is 1.66. The fourth-order valence-corrected chi connectivity index (χ4v) is 1.66. The fraction of sp³-hybridized carbons (Fsp3) is 0.250. The highest BCUT2D eigenvalue weighted by Gasteiger charge is 1.87. The molecule has 0 amide bonds. The summed E-state index contributed by atoms with van der Waals surface area (Å²) in [6.45, 7) is 11.3. The highest BCUT2D eigenvalue weighted by molar-refractivity contribution is 5.18. The largest absolute Gasteiger partial charge is 0.207 e. The van der Waals surface area contributed by atoms with Crippen LogP contribution < -0.4 is 0 Å². The maximum absolute atomic E-state index is 12.3. The van der Waals surface area contributed by atoms with E-state index >= 15 is 0 Å². The first-order valence-corrected chi connectivity index (χ1v) is 8.94. The maximum Gasteiger partial charge on any atom is 0.123 e. The normalized spacial score (nSPS) is 10.9. The van der Waals surface area contributed by atoms with Gasteiger partial charge in [-0.05, 0) is 68.7 Å². The summed E-state index contributed by atoms with van der Waals surface area (Å²) in [5.41, 5.74) is 3.43. The topological polar surface area (TPSA) is 0 Å². The lowest BCUT2D eigenvalue weighted by atomic mass is 10.2. The van der Waals surface area contributed by atoms with Crippen LogP contribution in [0.5, 0.6) is 0 Å². The molecule has 2 aromatic rings. The lowest BCUT2D eigenvalue weighted by Gasteiger charge is -1.92. The predicted octanol–water partition coefficient (Wildman–Crippen LogP) is 7.90. The smallest absolute Gasteiger partial charge is 0.123 e. The Balaban J connectivity index is 0.000000377. The van der Waals surface area contributed by atoms with Crippen LogP contribution in [0.2, 0.25) is 0 Å². The zero-order chi connectivity index (χ0) is 20.7. The average Bonchev–Trinajstić information content (AvgIpc) is 2.69. The molecule has 0 unspecified atom stereocenters. The Kier molecular flexibility index (Phi) is 13.2. The number of hydrogen-bond acceptors (Lipinski definition) is 0. The average molecular weight is 374 g/mol. The van der Waals surface area contributed by atoms with Crippen molar-refractivity contribution < 1.29 is 13.2 Å². The van der Waals surface area contributed by atoms with Crippen LogP contribution in [0.1, 0.15) is 38.3 Å². The van der Waals surface area contributed by atoms with Gasteiger partial charge in [-0.25, -0.2) is 13.2 Å². The SMILES string of the molecule is C=C/C(F)=C\C=C(/C)CC.CCc1ccc(F)cc1.Cc1ccc(F)cc1. The van der Waals surface area contributed by atoms with Crippen molar-refractivity contribution in [3.05, 3.63) is 107 Å². The van der Waals surface area contributed by atoms with Crippen LogP contribution in [0.3, 0.4) is 0 Å². The van der Waals surface area contributed by atoms with E-state index in [0.29, 0.717) is 0 Å². The van der Waals surface area contributed by atoms with Crippen LogP contribution in [0.25, 0.3) is 0 Å². The Morgan fingerprint density at radius 1 is 0.889 bits per heavy atom. The van der Waals surface area contributed by atoms with Crippen LogP contribution in [-0.2, 0) is 6.42 Å². The second kappa shape index (κ2) is 14.6. The van der Waals surface area contributed by atoms with Crippen LogP contribution in [-0.4, -0.2) is 0 Å². The number of benzene rings is 2. The van der Waals surface area contributed by atoms with Crippen molar-refractivity contribution in [3.8, 4) is 0 Å². The summed E-state index contributed by atoms with van der Waals surface area (Å²) < 4.78 is 36.6. The van der Waals surface area contributed by atoms with E-state index in [9.17, 15) is 13.2 Å². The predicted molar refractivity (Wildman–Crippen MR) is 110 cm³/mol. The van der Waals surface area contributed by atoms with Crippen molar-refractivity contribution in [2.75, 3.05) is 0 Å². The molecular weight excluding hydrogens is 345 g/mol. The third kappa shape index (κ3) is 13.3. The molecule has 0 spiro atoms. The summed E-state index contributed by atoms with van der Waals surface area (Å²) in [5, 5.41) is 0. The standard InChI is InChI=1S/C9H13F.C8H9F.C7H7F/c1-4-8(3)6-7-9(10)5-2;1-2-7-3-5-8(9)6-4-7;1-6-2-4-7(8)5-3-6/h5-7H,2,4H2,1,3H3;3-6H,2H2,1H3;2-5H,1H3/b8-6+,9-7+;;. The van der Waals surface area contributed by atoms with E-state index in [1.165, 1.54) is 42.0 Å². The van der Waals surface area contributed by atoms with Gasteiger partial charge in [-0.15, -0.1) is 0 Å². The molecule has 2 rings (SSSR count). The van der Waals surface area contributed by atoms with Gasteiger partial charge in [-0.3, -0.25) is 0 Å². The first-order chi connectivity index (χ1) is 12.8. The molecule has 3 heteroatoms. The van der Waals surface area contributed by atoms with Gasteiger partial charge in [0, 0.05) is 0 Å². The minimum Gasteiger partial charge on any atom is -0.207 e. The molecule has 0 N–H and O–H groups in total. The van der Waals surface area contributed by atoms with Gasteiger partial charge >= 0.3 is 0 Å². The van der Waals surface area contributed by atoms with E-state index in [0.717, 1.165) is 24.0 Å². The molecule has 0 aliphatic carbocycles. The number of allylic oxidation sites excluding steroid dienone is 5. The van der Waals surface area contributed by atoms with E-state index in [4.69, 9.17) is 0 Å². The molecule has 0 aliphatic heterocycles. The zero-order valence-corrected chi connectivity index (χ0v) is 16.6. The maximum atomic E-state index is 12.3. The molecule has 0 saturated heterocycles. The molecule has 27 heavy (non-hydrogen) atoms. The third-order valence-corrected chi connectivity index (χ3v) is 3.61. The molecule has 0 aromatic heterocycles. The Morgan fingerprint density at radius 3 is 1.74 bits per heavy atom. The summed E-state index contributed by atoms with van der Waals surface area (Å²) in [5.74, 6) is -0.615. The molecule has 0 saturated carbocycles. The van der Waals surface area contributed by atoms with Gasteiger partial charge in [-0.2, -0.15) is 0 Å². The van der Waals surface area contributed by atoms with Crippen LogP contribution in [0, 0.1) is 18.6 Å². The summed E-state index contributed by atoms with van der Waals surface area (Å²) in [7, 11) is 0. The van der Waals surface area contributed by atoms with Gasteiger partial charge in [0.25, 0.3) is 0 Å². The molecule has 0 bridgehead atoms. The Labute approximate surface area is 161 Å². The highest BCUT2D eigenvalue weighted by Crippen LogP contribution is 2.03. The second-order valence-corrected chi connectivity index (χ2v) is 5.90. The zero-order valence-electron chi connectivity index (χ0n) is 16.6. The van der Waals surface area contributed by atoms with Crippen molar-refractivity contribution in [2.45, 2.75) is 40.5 Å². The Hall–Kier alpha value is -2.55. The molecule has 0 heterocycles. The van der Waals surface area contributed by atoms with Crippen LogP contribution in [0.4, 0.5) is 13.2 Å². The molecular formula is C24H29F3. The number of rotatable bonds is 4. The Morgan fingerprint density at radius 2 is 1.37 bits per heavy atom. The van der Waals surface area contributed by atoms with E-state index in [2.05, 4.69) is 6.58 Å². The summed E-state index contributed by atoms with van der Waals surface area (Å²) in [4.78, 5) is 0. The van der Waals surface area contributed by atoms with Crippen molar-refractivity contribution >= 4 is 0 Å². The molecule has 0 aliphatic rings. The molecule has 0 nitrogen and oxygen atoms in total. The van der Waals surface area contributed by atoms with Gasteiger partial charge in [0.05, 0.1) is 0 Å². The summed E-state index contributed by atoms with van der Waals surface area (Å²) >= 11 is 0. The van der Waals surface area contributed by atoms with Gasteiger partial charge in [0.15, 0.2) is 0 Å².